The number of aliphatic hydroxyl groups is 5. The van der Waals surface area contributed by atoms with Crippen LogP contribution in [0.25, 0.3) is 0 Å². The van der Waals surface area contributed by atoms with E-state index in [0.29, 0.717) is 12.8 Å². The zero-order valence-electron chi connectivity index (χ0n) is 39.4. The highest BCUT2D eigenvalue weighted by Gasteiger charge is 2.45. The van der Waals surface area contributed by atoms with E-state index in [1.807, 2.05) is 0 Å². The average Bonchev–Trinajstić information content (AvgIpc) is 3.24. The van der Waals surface area contributed by atoms with E-state index in [9.17, 15) is 35.1 Å². The quantitative estimate of drug-likeness (QED) is 0.0233. The van der Waals surface area contributed by atoms with E-state index in [1.165, 1.54) is 155 Å². The number of ether oxygens (including phenoxy) is 2. The third-order valence-corrected chi connectivity index (χ3v) is 12.3. The molecule has 1 saturated heterocycles. The molecular weight excluding hydrogens is 773 g/mol. The maximum atomic E-state index is 13.1. The van der Waals surface area contributed by atoms with Crippen LogP contribution < -0.4 is 10.6 Å². The lowest BCUT2D eigenvalue weighted by Gasteiger charge is -2.41. The molecule has 0 saturated carbocycles. The molecule has 1 fully saturated rings. The molecule has 1 aliphatic rings. The summed E-state index contributed by atoms with van der Waals surface area (Å²) < 4.78 is 11.5. The number of nitrogens with one attached hydrogen (secondary N) is 2. The first-order valence-corrected chi connectivity index (χ1v) is 25.5. The Kier molecular flexibility index (Phi) is 37.6. The highest BCUT2D eigenvalue weighted by Crippen LogP contribution is 2.23. The fourth-order valence-corrected chi connectivity index (χ4v) is 8.22. The second kappa shape index (κ2) is 40.0. The lowest BCUT2D eigenvalue weighted by Crippen LogP contribution is -2.61. The number of hydrogen-bond acceptors (Lipinski definition) is 9. The summed E-state index contributed by atoms with van der Waals surface area (Å²) in [4.78, 5) is 24.6. The number of unbranched alkanes of at least 4 members (excludes halogenated alkanes) is 28. The molecule has 61 heavy (non-hydrogen) atoms. The van der Waals surface area contributed by atoms with Gasteiger partial charge in [0.2, 0.25) is 11.8 Å². The molecule has 0 bridgehead atoms. The molecular formula is C50H96N2O9. The van der Waals surface area contributed by atoms with E-state index in [2.05, 4.69) is 36.6 Å². The van der Waals surface area contributed by atoms with E-state index < -0.39 is 49.0 Å². The Balaban J connectivity index is 2.41. The first-order chi connectivity index (χ1) is 29.6. The maximum absolute atomic E-state index is 13.1. The van der Waals surface area contributed by atoms with Gasteiger partial charge in [-0.1, -0.05) is 193 Å². The molecule has 1 rings (SSSR count). The second-order valence-corrected chi connectivity index (χ2v) is 18.2. The Morgan fingerprint density at radius 2 is 1.02 bits per heavy atom. The van der Waals surface area contributed by atoms with Crippen molar-refractivity contribution < 1.29 is 44.6 Å². The third kappa shape index (κ3) is 31.0. The van der Waals surface area contributed by atoms with Crippen LogP contribution >= 0.6 is 0 Å². The molecule has 2 amide bonds. The predicted molar refractivity (Wildman–Crippen MR) is 248 cm³/mol. The van der Waals surface area contributed by atoms with Crippen LogP contribution in [-0.2, 0) is 19.1 Å². The molecule has 0 aromatic carbocycles. The number of hydrogen-bond donors (Lipinski definition) is 7. The molecule has 11 nitrogen and oxygen atoms in total. The Hall–Kier alpha value is -1.60. The molecule has 1 heterocycles. The molecule has 360 valence electrons. The molecule has 0 aliphatic carbocycles. The fourth-order valence-electron chi connectivity index (χ4n) is 8.22. The van der Waals surface area contributed by atoms with Crippen molar-refractivity contribution in [2.45, 2.75) is 282 Å². The predicted octanol–water partition coefficient (Wildman–Crippen LogP) is 9.62. The summed E-state index contributed by atoms with van der Waals surface area (Å²) in [5.74, 6) is -0.613. The minimum absolute atomic E-state index is 0.113. The van der Waals surface area contributed by atoms with Crippen molar-refractivity contribution in [3.05, 3.63) is 12.2 Å². The van der Waals surface area contributed by atoms with Crippen LogP contribution in [0.5, 0.6) is 0 Å². The highest BCUT2D eigenvalue weighted by atomic mass is 16.7. The lowest BCUT2D eigenvalue weighted by atomic mass is 9.98. The van der Waals surface area contributed by atoms with Crippen LogP contribution in [0.15, 0.2) is 12.2 Å². The average molecular weight is 869 g/mol. The second-order valence-electron chi connectivity index (χ2n) is 18.2. The van der Waals surface area contributed by atoms with Gasteiger partial charge in [0.15, 0.2) is 6.29 Å². The SMILES string of the molecule is CCCCCCCCC=CCCCCCCCCCCCCCC(=O)N[C@@H](COC1OC(CNC(C)=O)C(O)C(O)C1O)C(O)[C@H](O)CCCCCCCCCCCCCC. The first kappa shape index (κ1) is 57.4. The molecule has 0 aromatic heterocycles. The van der Waals surface area contributed by atoms with Gasteiger partial charge in [0.05, 0.1) is 18.8 Å². The van der Waals surface area contributed by atoms with E-state index in [4.69, 9.17) is 9.47 Å². The smallest absolute Gasteiger partial charge is 0.220 e. The highest BCUT2D eigenvalue weighted by molar-refractivity contribution is 5.76. The van der Waals surface area contributed by atoms with Gasteiger partial charge in [0.1, 0.15) is 30.5 Å². The number of amides is 2. The van der Waals surface area contributed by atoms with Crippen molar-refractivity contribution in [3.63, 3.8) is 0 Å². The van der Waals surface area contributed by atoms with Gasteiger partial charge in [-0.05, 0) is 38.5 Å². The zero-order chi connectivity index (χ0) is 44.8. The van der Waals surface area contributed by atoms with E-state index in [0.717, 1.165) is 44.9 Å². The molecule has 6 unspecified atom stereocenters. The summed E-state index contributed by atoms with van der Waals surface area (Å²) in [6.45, 7) is 5.39. The van der Waals surface area contributed by atoms with Crippen molar-refractivity contribution in [2.75, 3.05) is 13.2 Å². The normalized spacial score (nSPS) is 20.8. The summed E-state index contributed by atoms with van der Waals surface area (Å²) in [7, 11) is 0. The van der Waals surface area contributed by atoms with Crippen LogP contribution in [0.4, 0.5) is 0 Å². The Morgan fingerprint density at radius 3 is 1.48 bits per heavy atom. The monoisotopic (exact) mass is 869 g/mol. The minimum Gasteiger partial charge on any atom is -0.390 e. The molecule has 7 N–H and O–H groups in total. The Bertz CT molecular complexity index is 1050. The van der Waals surface area contributed by atoms with Gasteiger partial charge in [-0.2, -0.15) is 0 Å². The van der Waals surface area contributed by atoms with Crippen LogP contribution in [0.3, 0.4) is 0 Å². The molecule has 0 spiro atoms. The summed E-state index contributed by atoms with van der Waals surface area (Å²) in [5.41, 5.74) is 0. The maximum Gasteiger partial charge on any atom is 0.220 e. The Labute approximate surface area is 373 Å². The van der Waals surface area contributed by atoms with Crippen molar-refractivity contribution >= 4 is 11.8 Å². The van der Waals surface area contributed by atoms with Crippen LogP contribution in [0.2, 0.25) is 0 Å². The van der Waals surface area contributed by atoms with Crippen molar-refractivity contribution in [3.8, 4) is 0 Å². The first-order valence-electron chi connectivity index (χ1n) is 25.5. The number of aliphatic hydroxyl groups excluding tert-OH is 5. The van der Waals surface area contributed by atoms with Crippen LogP contribution in [-0.4, -0.2) is 99.5 Å². The molecule has 0 radical (unpaired) electrons. The van der Waals surface area contributed by atoms with Gasteiger partial charge >= 0.3 is 0 Å². The molecule has 0 aromatic rings. The zero-order valence-corrected chi connectivity index (χ0v) is 39.4. The molecule has 1 aliphatic heterocycles. The largest absolute Gasteiger partial charge is 0.390 e. The lowest BCUT2D eigenvalue weighted by molar-refractivity contribution is -0.297. The fraction of sp³-hybridized carbons (Fsp3) is 0.920. The summed E-state index contributed by atoms with van der Waals surface area (Å²) in [6.07, 6.45) is 33.6. The van der Waals surface area contributed by atoms with Gasteiger partial charge < -0.3 is 45.6 Å². The van der Waals surface area contributed by atoms with E-state index in [-0.39, 0.29) is 31.4 Å². The number of allylic oxidation sites excluding steroid dienone is 2. The van der Waals surface area contributed by atoms with Crippen LogP contribution in [0, 0.1) is 0 Å². The van der Waals surface area contributed by atoms with Crippen molar-refractivity contribution in [1.82, 2.24) is 10.6 Å². The number of rotatable bonds is 42. The Morgan fingerprint density at radius 1 is 0.590 bits per heavy atom. The van der Waals surface area contributed by atoms with Crippen molar-refractivity contribution in [1.29, 1.82) is 0 Å². The van der Waals surface area contributed by atoms with Gasteiger partial charge in [0, 0.05) is 19.9 Å². The number of carbonyl (C=O) groups excluding carboxylic acids is 2. The van der Waals surface area contributed by atoms with Gasteiger partial charge in [0.25, 0.3) is 0 Å². The molecule has 11 heteroatoms. The number of carbonyl (C=O) groups is 2. The topological polar surface area (TPSA) is 178 Å². The molecule has 8 atom stereocenters. The van der Waals surface area contributed by atoms with E-state index in [1.54, 1.807) is 0 Å². The standard InChI is InChI=1S/C50H96N2O9/c1-4-6-8-10-12-14-16-18-19-20-21-22-23-24-25-26-28-30-32-34-36-38-45(55)52-42(40-60-50-49(59)48(58)47(57)44(61-50)39-51-41(3)53)46(56)43(54)37-35-33-31-29-27-17-15-13-11-9-7-5-2/h18-19,42-44,46-50,54,56-59H,4-17,20-40H2,1-3H3,(H,51,53)(H,52,55)/t42-,43+,44?,46?,47?,48?,49?,50?/m0/s1. The summed E-state index contributed by atoms with van der Waals surface area (Å²) >= 11 is 0. The minimum atomic E-state index is -1.61. The summed E-state index contributed by atoms with van der Waals surface area (Å²) in [6, 6.07) is -1.00. The van der Waals surface area contributed by atoms with E-state index >= 15 is 0 Å². The van der Waals surface area contributed by atoms with Gasteiger partial charge in [-0.25, -0.2) is 0 Å². The van der Waals surface area contributed by atoms with Crippen molar-refractivity contribution in [2.24, 2.45) is 0 Å². The van der Waals surface area contributed by atoms with Crippen LogP contribution in [0.1, 0.15) is 233 Å². The summed E-state index contributed by atoms with van der Waals surface area (Å²) in [5, 5.41) is 59.1. The van der Waals surface area contributed by atoms with Gasteiger partial charge in [-0.15, -0.1) is 0 Å². The third-order valence-electron chi connectivity index (χ3n) is 12.3. The van der Waals surface area contributed by atoms with Gasteiger partial charge in [-0.3, -0.25) is 9.59 Å².